The maximum atomic E-state index is 16.0. The van der Waals surface area contributed by atoms with Gasteiger partial charge in [0, 0.05) is 106 Å². The summed E-state index contributed by atoms with van der Waals surface area (Å²) in [6.45, 7) is 18.8. The van der Waals surface area contributed by atoms with Crippen LogP contribution in [0, 0.1) is 0 Å². The molecule has 0 unspecified atom stereocenters. The second-order valence-corrected chi connectivity index (χ2v) is 28.0. The van der Waals surface area contributed by atoms with E-state index in [1.54, 1.807) is 165 Å². The SMILES string of the molecule is CC(C)(C)Nc1cc[n-]n1.CC(C)(C)Nc1ccn[n-]1.CC(C)(C)Nc1ccn[n-]1.[Fe+2].[Fe+2].[Fe+2].[Fe+3].[O-2].[O-]C(c1ccccn1)(c1ccccn1)c1ccccc1-c1cc(-c2ccccc2C([O-])(c2ccccn2)c2ccccn2)cc(-c2ccccc2C([O-])(c2ccccn2)c2ccccn2)c1.[OH-].c1ccccc1.c1ccccc1. The number of rotatable bonds is 15. The van der Waals surface area contributed by atoms with Crippen molar-refractivity contribution in [2.75, 3.05) is 16.0 Å². The van der Waals surface area contributed by atoms with Gasteiger partial charge in [0.15, 0.2) is 0 Å². The first kappa shape index (κ1) is 95.5. The van der Waals surface area contributed by atoms with E-state index in [0.717, 1.165) is 17.5 Å². The van der Waals surface area contributed by atoms with E-state index in [9.17, 15) is 0 Å². The van der Waals surface area contributed by atoms with Gasteiger partial charge in [-0.1, -0.05) is 224 Å². The molecule has 15 aromatic rings. The minimum absolute atomic E-state index is 0. The molecule has 15 rings (SSSR count). The first-order valence-electron chi connectivity index (χ1n) is 35.4. The van der Waals surface area contributed by atoms with Crippen LogP contribution in [0.5, 0.6) is 0 Å². The van der Waals surface area contributed by atoms with Crippen molar-refractivity contribution in [3.8, 4) is 33.4 Å². The van der Waals surface area contributed by atoms with Gasteiger partial charge in [0.1, 0.15) is 5.82 Å². The minimum atomic E-state index is -2.06. The maximum Gasteiger partial charge on any atom is 3.00 e. The third kappa shape index (κ3) is 26.4. The predicted octanol–water partition coefficient (Wildman–Crippen LogP) is 14.8. The Morgan fingerprint density at radius 2 is 0.526 bits per heavy atom. The van der Waals surface area contributed by atoms with Crippen molar-refractivity contribution in [2.45, 2.75) is 95.7 Å². The number of anilines is 3. The molecule has 0 fully saturated rings. The first-order chi connectivity index (χ1) is 52.1. The van der Waals surface area contributed by atoms with Gasteiger partial charge in [-0.25, -0.2) is 0 Å². The van der Waals surface area contributed by atoms with E-state index in [4.69, 9.17) is 0 Å². The van der Waals surface area contributed by atoms with Crippen LogP contribution in [0.15, 0.2) is 347 Å². The monoisotopic (exact) mass is 1680 g/mol. The van der Waals surface area contributed by atoms with Crippen molar-refractivity contribution in [3.63, 3.8) is 0 Å². The molecule has 114 heavy (non-hydrogen) atoms. The molecule has 6 aromatic carbocycles. The maximum absolute atomic E-state index is 16.0. The molecular weight excluding hydrogens is 1590 g/mol. The van der Waals surface area contributed by atoms with E-state index in [2.05, 4.69) is 139 Å². The zero-order valence-corrected chi connectivity index (χ0v) is 68.7. The summed E-state index contributed by atoms with van der Waals surface area (Å²) < 4.78 is 0. The van der Waals surface area contributed by atoms with Gasteiger partial charge < -0.3 is 62.6 Å². The van der Waals surface area contributed by atoms with Gasteiger partial charge in [-0.3, -0.25) is 40.1 Å². The van der Waals surface area contributed by atoms with Crippen molar-refractivity contribution in [3.05, 3.63) is 398 Å². The van der Waals surface area contributed by atoms with Gasteiger partial charge in [-0.2, -0.15) is 6.20 Å². The average Bonchev–Trinajstić information content (AvgIpc) is 0.795. The molecule has 20 nitrogen and oxygen atoms in total. The third-order valence-corrected chi connectivity index (χ3v) is 16.2. The van der Waals surface area contributed by atoms with Crippen LogP contribution in [0.3, 0.4) is 0 Å². The van der Waals surface area contributed by atoms with Crippen LogP contribution in [-0.4, -0.2) is 67.3 Å². The molecule has 0 aliphatic carbocycles. The van der Waals surface area contributed by atoms with Crippen LogP contribution in [0.1, 0.15) is 113 Å². The minimum Gasteiger partial charge on any atom is -2.00 e. The molecule has 1 radical (unpaired) electrons. The van der Waals surface area contributed by atoms with Crippen molar-refractivity contribution in [2.24, 2.45) is 0 Å². The molecule has 0 bridgehead atoms. The van der Waals surface area contributed by atoms with Crippen LogP contribution in [-0.2, 0) is 90.6 Å². The number of nitrogens with one attached hydrogen (secondary N) is 3. The van der Waals surface area contributed by atoms with Gasteiger partial charge in [-0.15, -0.1) is 0 Å². The normalized spacial score (nSPS) is 10.7. The predicted molar refractivity (Wildman–Crippen MR) is 426 cm³/mol. The Balaban J connectivity index is 0.000000459. The molecule has 0 spiro atoms. The first-order valence-corrected chi connectivity index (χ1v) is 35.4. The summed E-state index contributed by atoms with van der Waals surface area (Å²) in [6.07, 6.45) is 14.7. The zero-order valence-electron chi connectivity index (χ0n) is 64.3. The van der Waals surface area contributed by atoms with Gasteiger partial charge >= 0.3 is 68.3 Å². The Morgan fingerprint density at radius 1 is 0.289 bits per heavy atom. The van der Waals surface area contributed by atoms with Gasteiger partial charge in [0.25, 0.3) is 0 Å². The fourth-order valence-electron chi connectivity index (χ4n) is 11.7. The van der Waals surface area contributed by atoms with Crippen molar-refractivity contribution < 1.29 is 94.5 Å². The summed E-state index contributed by atoms with van der Waals surface area (Å²) in [5.41, 5.74) is 0.642. The van der Waals surface area contributed by atoms with Gasteiger partial charge in [-0.05, 0) is 203 Å². The number of hydrogen-bond acceptors (Lipinski definition) is 16. The number of aromatic nitrogens is 12. The Kier molecular flexibility index (Phi) is 38.3. The van der Waals surface area contributed by atoms with Crippen LogP contribution < -0.4 is 46.6 Å². The molecule has 0 saturated carbocycles. The molecule has 4 N–H and O–H groups in total. The standard InChI is InChI=1S/C57H39N6O3.3C7H12N3.2C6H6.4Fe.H2O.O/c64-55(49-25-7-13-31-58-49,50-26-8-14-32-59-50)46-22-4-1-19-43(46)40-37-41(44-20-2-5-23-47(44)56(65,51-27-9-15-33-60-51)52-28-10-16-34-61-52)39-42(38-40)45-21-3-6-24-48(45)57(66,53-29-11-17-35-62-53)54-30-12-18-36-63-54;3*1-7(2,3)9-6-4-5-8-10-6;2*1-2-4-6-5-3-1;;;;;;/h1-39H;3*4-5H,1-3H3,(H-,8,9,10);2*1-6H;;;;;1H2;/q-3;3*-1;;;3*+2;+3;;-2/p-1. The fourth-order valence-corrected chi connectivity index (χ4v) is 11.7. The third-order valence-electron chi connectivity index (χ3n) is 16.2. The van der Waals surface area contributed by atoms with Crippen LogP contribution in [0.4, 0.5) is 17.5 Å². The molecule has 0 aliphatic heterocycles. The van der Waals surface area contributed by atoms with E-state index < -0.39 is 16.8 Å². The molecule has 0 aliphatic rings. The van der Waals surface area contributed by atoms with Crippen LogP contribution in [0.25, 0.3) is 33.4 Å². The summed E-state index contributed by atoms with van der Waals surface area (Å²) in [5.74, 6) is 2.52. The summed E-state index contributed by atoms with van der Waals surface area (Å²) in [4.78, 5) is 27.7. The largest absolute Gasteiger partial charge is 3.00 e. The quantitative estimate of drug-likeness (QED) is 0.0803. The van der Waals surface area contributed by atoms with E-state index in [1.165, 1.54) is 0 Å². The van der Waals surface area contributed by atoms with Crippen LogP contribution in [0.2, 0.25) is 0 Å². The second kappa shape index (κ2) is 45.7. The summed E-state index contributed by atoms with van der Waals surface area (Å²) in [5, 5.41) is 80.1. The number of pyridine rings is 6. The fraction of sp³-hybridized carbons (Fsp3) is 0.167. The molecule has 24 heteroatoms. The molecule has 9 aromatic heterocycles. The van der Waals surface area contributed by atoms with E-state index in [-0.39, 0.29) is 130 Å². The Morgan fingerprint density at radius 3 is 0.719 bits per heavy atom. The summed E-state index contributed by atoms with van der Waals surface area (Å²) >= 11 is 0. The topological polar surface area (TPSA) is 322 Å². The zero-order chi connectivity index (χ0) is 76.3. The van der Waals surface area contributed by atoms with Gasteiger partial charge in [0.05, 0.1) is 0 Å². The number of hydrogen-bond donors (Lipinski definition) is 3. The molecular formula is C90H88Fe4N15O5. The molecule has 0 atom stereocenters. The number of nitrogens with zero attached hydrogens (tertiary/aromatic N) is 12. The molecule has 0 saturated heterocycles. The Hall–Kier alpha value is -10.9. The molecule has 0 amide bonds. The van der Waals surface area contributed by atoms with E-state index in [1.807, 2.05) is 182 Å². The Bertz CT molecular complexity index is 4390. The Labute approximate surface area is 710 Å². The molecule has 585 valence electrons. The van der Waals surface area contributed by atoms with E-state index in [0.29, 0.717) is 50.1 Å². The van der Waals surface area contributed by atoms with Crippen molar-refractivity contribution in [1.82, 2.24) is 60.5 Å². The van der Waals surface area contributed by atoms with E-state index >= 15 is 15.3 Å². The molecule has 9 heterocycles. The smallest absolute Gasteiger partial charge is 2.00 e. The summed E-state index contributed by atoms with van der Waals surface area (Å²) in [6, 6.07) is 89.6. The average molecular weight is 1680 g/mol. The number of benzene rings is 6. The summed E-state index contributed by atoms with van der Waals surface area (Å²) in [7, 11) is 0. The van der Waals surface area contributed by atoms with Crippen molar-refractivity contribution >= 4 is 17.5 Å². The second-order valence-electron chi connectivity index (χ2n) is 28.0. The van der Waals surface area contributed by atoms with Crippen molar-refractivity contribution in [1.29, 1.82) is 0 Å². The van der Waals surface area contributed by atoms with Crippen LogP contribution >= 0.6 is 0 Å². The van der Waals surface area contributed by atoms with Gasteiger partial charge in [0.2, 0.25) is 0 Å².